The van der Waals surface area contributed by atoms with Crippen LogP contribution in [0.25, 0.3) is 0 Å². The monoisotopic (exact) mass is 297 g/mol. The quantitative estimate of drug-likeness (QED) is 0.819. The summed E-state index contributed by atoms with van der Waals surface area (Å²) in [5.41, 5.74) is 2.96. The highest BCUT2D eigenvalue weighted by Gasteiger charge is 2.33. The van der Waals surface area contributed by atoms with Crippen molar-refractivity contribution in [2.24, 2.45) is 0 Å². The van der Waals surface area contributed by atoms with Gasteiger partial charge in [-0.15, -0.1) is 0 Å². The third-order valence-corrected chi connectivity index (χ3v) is 4.72. The molecule has 0 aromatic carbocycles. The number of urea groups is 1. The number of carbonyl (C=O) groups excluding carboxylic acids is 1. The summed E-state index contributed by atoms with van der Waals surface area (Å²) in [5, 5.41) is 11.4. The Morgan fingerprint density at radius 1 is 1.00 bits per heavy atom. The summed E-state index contributed by atoms with van der Waals surface area (Å²) >= 11 is 0. The first-order chi connectivity index (χ1) is 10.0. The van der Waals surface area contributed by atoms with Crippen LogP contribution < -0.4 is 5.43 Å². The molecule has 0 bridgehead atoms. The minimum atomic E-state index is -0.896. The minimum absolute atomic E-state index is 0.259. The van der Waals surface area contributed by atoms with E-state index < -0.39 is 12.0 Å². The van der Waals surface area contributed by atoms with Crippen LogP contribution in [0.3, 0.4) is 0 Å². The van der Waals surface area contributed by atoms with Gasteiger partial charge in [-0.05, 0) is 39.5 Å². The molecule has 0 aliphatic carbocycles. The number of nitrogens with one attached hydrogen (secondary N) is 1. The average molecular weight is 297 g/mol. The molecule has 2 aliphatic rings. The molecule has 6 heteroatoms. The lowest BCUT2D eigenvalue weighted by molar-refractivity contribution is -0.142. The van der Waals surface area contributed by atoms with Gasteiger partial charge in [-0.2, -0.15) is 0 Å². The molecule has 2 amide bonds. The van der Waals surface area contributed by atoms with Crippen molar-refractivity contribution < 1.29 is 14.7 Å². The van der Waals surface area contributed by atoms with Crippen LogP contribution in [-0.2, 0) is 4.79 Å². The maximum atomic E-state index is 12.5. The summed E-state index contributed by atoms with van der Waals surface area (Å²) in [4.78, 5) is 25.4. The normalized spacial score (nSPS) is 31.5. The number of amides is 2. The topological polar surface area (TPSA) is 72.9 Å². The Morgan fingerprint density at radius 3 is 2.29 bits per heavy atom. The van der Waals surface area contributed by atoms with Crippen LogP contribution in [0.5, 0.6) is 0 Å². The highest BCUT2D eigenvalue weighted by Crippen LogP contribution is 2.22. The van der Waals surface area contributed by atoms with Crippen LogP contribution in [0.4, 0.5) is 4.79 Å². The van der Waals surface area contributed by atoms with E-state index in [1.807, 2.05) is 5.01 Å². The fourth-order valence-corrected chi connectivity index (χ4v) is 3.42. The molecule has 3 atom stereocenters. The van der Waals surface area contributed by atoms with E-state index in [1.165, 1.54) is 11.3 Å². The Labute approximate surface area is 126 Å². The van der Waals surface area contributed by atoms with Gasteiger partial charge in [0, 0.05) is 18.6 Å². The van der Waals surface area contributed by atoms with Crippen LogP contribution in [0.15, 0.2) is 0 Å². The number of rotatable bonds is 2. The predicted molar refractivity (Wildman–Crippen MR) is 79.7 cm³/mol. The lowest BCUT2D eigenvalue weighted by Gasteiger charge is -2.40. The van der Waals surface area contributed by atoms with Gasteiger partial charge >= 0.3 is 12.0 Å². The first-order valence-corrected chi connectivity index (χ1v) is 8.09. The number of hydrogen-bond acceptors (Lipinski definition) is 3. The van der Waals surface area contributed by atoms with Crippen molar-refractivity contribution in [1.82, 2.24) is 15.3 Å². The standard InChI is InChI=1S/C15H27N3O3/c1-11-7-6-8-12(2)18(11)16-15(21)17-10-5-3-4-9-13(17)14(19)20/h11-13H,3-10H2,1-2H3,(H,16,21)(H,19,20). The van der Waals surface area contributed by atoms with Crippen molar-refractivity contribution in [3.63, 3.8) is 0 Å². The van der Waals surface area contributed by atoms with E-state index in [0.29, 0.717) is 25.0 Å². The molecule has 0 aromatic heterocycles. The first-order valence-electron chi connectivity index (χ1n) is 8.09. The van der Waals surface area contributed by atoms with Crippen LogP contribution in [0, 0.1) is 0 Å². The molecule has 0 radical (unpaired) electrons. The van der Waals surface area contributed by atoms with Gasteiger partial charge < -0.3 is 10.0 Å². The maximum absolute atomic E-state index is 12.5. The Bertz CT molecular complexity index is 378. The fourth-order valence-electron chi connectivity index (χ4n) is 3.42. The molecule has 0 spiro atoms. The second kappa shape index (κ2) is 7.11. The zero-order valence-electron chi connectivity index (χ0n) is 13.0. The van der Waals surface area contributed by atoms with Crippen LogP contribution in [0.2, 0.25) is 0 Å². The maximum Gasteiger partial charge on any atom is 0.332 e. The van der Waals surface area contributed by atoms with Crippen molar-refractivity contribution in [1.29, 1.82) is 0 Å². The lowest BCUT2D eigenvalue weighted by atomic mass is 10.00. The van der Waals surface area contributed by atoms with Gasteiger partial charge in [0.15, 0.2) is 0 Å². The molecular weight excluding hydrogens is 270 g/mol. The van der Waals surface area contributed by atoms with Gasteiger partial charge in [-0.25, -0.2) is 14.6 Å². The molecule has 2 N–H and O–H groups in total. The van der Waals surface area contributed by atoms with Gasteiger partial charge in [0.25, 0.3) is 0 Å². The number of carboxylic acids is 1. The molecule has 3 unspecified atom stereocenters. The number of nitrogens with zero attached hydrogens (tertiary/aromatic N) is 2. The molecular formula is C15H27N3O3. The molecule has 2 fully saturated rings. The minimum Gasteiger partial charge on any atom is -0.480 e. The SMILES string of the molecule is CC1CCCC(C)N1NC(=O)N1CCCCCC1C(=O)O. The number of aliphatic carboxylic acids is 1. The van der Waals surface area contributed by atoms with Crippen LogP contribution in [-0.4, -0.2) is 51.7 Å². The highest BCUT2D eigenvalue weighted by atomic mass is 16.4. The number of carbonyl (C=O) groups is 2. The molecule has 2 heterocycles. The zero-order chi connectivity index (χ0) is 15.4. The smallest absolute Gasteiger partial charge is 0.332 e. The highest BCUT2D eigenvalue weighted by molar-refractivity contribution is 5.82. The average Bonchev–Trinajstić information content (AvgIpc) is 2.68. The Hall–Kier alpha value is -1.30. The molecule has 120 valence electrons. The Morgan fingerprint density at radius 2 is 1.67 bits per heavy atom. The zero-order valence-corrected chi connectivity index (χ0v) is 13.0. The number of hydrogen-bond donors (Lipinski definition) is 2. The summed E-state index contributed by atoms with van der Waals surface area (Å²) in [6.07, 6.45) is 6.59. The van der Waals surface area contributed by atoms with Crippen molar-refractivity contribution in [2.75, 3.05) is 6.54 Å². The van der Waals surface area contributed by atoms with E-state index in [-0.39, 0.29) is 6.03 Å². The summed E-state index contributed by atoms with van der Waals surface area (Å²) in [6.45, 7) is 4.74. The number of carboxylic acid groups (broad SMARTS) is 1. The van der Waals surface area contributed by atoms with Gasteiger partial charge in [-0.3, -0.25) is 5.43 Å². The van der Waals surface area contributed by atoms with E-state index in [0.717, 1.165) is 32.1 Å². The van der Waals surface area contributed by atoms with Crippen molar-refractivity contribution in [3.8, 4) is 0 Å². The van der Waals surface area contributed by atoms with Crippen molar-refractivity contribution in [2.45, 2.75) is 76.9 Å². The molecule has 21 heavy (non-hydrogen) atoms. The Balaban J connectivity index is 2.04. The fraction of sp³-hybridized carbons (Fsp3) is 0.867. The lowest BCUT2D eigenvalue weighted by Crippen LogP contribution is -2.59. The third-order valence-electron chi connectivity index (χ3n) is 4.72. The number of likely N-dealkylation sites (tertiary alicyclic amines) is 1. The van der Waals surface area contributed by atoms with E-state index in [1.54, 1.807) is 0 Å². The number of hydrazine groups is 1. The van der Waals surface area contributed by atoms with E-state index in [9.17, 15) is 14.7 Å². The molecule has 0 aromatic rings. The van der Waals surface area contributed by atoms with E-state index in [2.05, 4.69) is 19.3 Å². The molecule has 2 aliphatic heterocycles. The number of piperidine rings is 1. The van der Waals surface area contributed by atoms with Gasteiger partial charge in [0.05, 0.1) is 0 Å². The Kier molecular flexibility index (Phi) is 5.45. The summed E-state index contributed by atoms with van der Waals surface area (Å²) in [6, 6.07) is -0.353. The van der Waals surface area contributed by atoms with E-state index >= 15 is 0 Å². The van der Waals surface area contributed by atoms with Gasteiger partial charge in [0.2, 0.25) is 0 Å². The predicted octanol–water partition coefficient (Wildman–Crippen LogP) is 2.20. The van der Waals surface area contributed by atoms with Crippen LogP contribution in [0.1, 0.15) is 58.8 Å². The van der Waals surface area contributed by atoms with Crippen molar-refractivity contribution >= 4 is 12.0 Å². The largest absolute Gasteiger partial charge is 0.480 e. The summed E-state index contributed by atoms with van der Waals surface area (Å²) in [5.74, 6) is -0.896. The summed E-state index contributed by atoms with van der Waals surface area (Å²) < 4.78 is 0. The third kappa shape index (κ3) is 3.87. The molecule has 2 rings (SSSR count). The van der Waals surface area contributed by atoms with Crippen molar-refractivity contribution in [3.05, 3.63) is 0 Å². The first kappa shape index (κ1) is 16.1. The van der Waals surface area contributed by atoms with Gasteiger partial charge in [-0.1, -0.05) is 19.3 Å². The second-order valence-electron chi connectivity index (χ2n) is 6.35. The molecule has 6 nitrogen and oxygen atoms in total. The van der Waals surface area contributed by atoms with Gasteiger partial charge in [0.1, 0.15) is 6.04 Å². The molecule has 0 saturated carbocycles. The van der Waals surface area contributed by atoms with E-state index in [4.69, 9.17) is 0 Å². The second-order valence-corrected chi connectivity index (χ2v) is 6.35. The van der Waals surface area contributed by atoms with Crippen LogP contribution >= 0.6 is 0 Å². The molecule has 2 saturated heterocycles. The summed E-state index contributed by atoms with van der Waals surface area (Å²) in [7, 11) is 0.